The minimum atomic E-state index is -0.487. The molecule has 0 aliphatic heterocycles. The zero-order valence-electron chi connectivity index (χ0n) is 11.8. The van der Waals surface area contributed by atoms with Gasteiger partial charge < -0.3 is 4.74 Å². The number of rotatable bonds is 5. The summed E-state index contributed by atoms with van der Waals surface area (Å²) < 4.78 is 4.79. The lowest BCUT2D eigenvalue weighted by molar-refractivity contribution is -0.142. The average Bonchev–Trinajstić information content (AvgIpc) is 2.37. The predicted molar refractivity (Wildman–Crippen MR) is 77.2 cm³/mol. The number of hydrogen-bond acceptors (Lipinski definition) is 4. The first kappa shape index (κ1) is 15.8. The van der Waals surface area contributed by atoms with Crippen molar-refractivity contribution in [2.24, 2.45) is 5.41 Å². The van der Waals surface area contributed by atoms with Crippen LogP contribution < -0.4 is 0 Å². The van der Waals surface area contributed by atoms with Gasteiger partial charge >= 0.3 is 5.97 Å². The SMILES string of the molecule is COC(=O)C(CC(=O)C(C)(C)C)Sc1ccccc1. The van der Waals surface area contributed by atoms with Crippen molar-refractivity contribution in [1.82, 2.24) is 0 Å². The highest BCUT2D eigenvalue weighted by molar-refractivity contribution is 8.00. The summed E-state index contributed by atoms with van der Waals surface area (Å²) in [4.78, 5) is 24.8. The highest BCUT2D eigenvalue weighted by atomic mass is 32.2. The number of ether oxygens (including phenoxy) is 1. The second-order valence-electron chi connectivity index (χ2n) is 5.32. The van der Waals surface area contributed by atoms with Crippen LogP contribution in [-0.4, -0.2) is 24.1 Å². The van der Waals surface area contributed by atoms with Crippen LogP contribution in [0.25, 0.3) is 0 Å². The lowest BCUT2D eigenvalue weighted by Gasteiger charge is -2.20. The molecule has 0 saturated carbocycles. The van der Waals surface area contributed by atoms with E-state index >= 15 is 0 Å². The van der Waals surface area contributed by atoms with Crippen LogP contribution in [0.4, 0.5) is 0 Å². The summed E-state index contributed by atoms with van der Waals surface area (Å²) in [7, 11) is 1.35. The number of methoxy groups -OCH3 is 1. The van der Waals surface area contributed by atoms with Gasteiger partial charge in [0, 0.05) is 16.7 Å². The Hall–Kier alpha value is -1.29. The van der Waals surface area contributed by atoms with Gasteiger partial charge in [-0.1, -0.05) is 39.0 Å². The summed E-state index contributed by atoms with van der Waals surface area (Å²) in [5, 5.41) is -0.487. The Kier molecular flexibility index (Phi) is 5.60. The van der Waals surface area contributed by atoms with Crippen LogP contribution in [0.1, 0.15) is 27.2 Å². The molecule has 0 radical (unpaired) electrons. The van der Waals surface area contributed by atoms with Crippen LogP contribution in [0.15, 0.2) is 35.2 Å². The molecule has 1 atom stereocenters. The smallest absolute Gasteiger partial charge is 0.319 e. The summed E-state index contributed by atoms with van der Waals surface area (Å²) in [6, 6.07) is 9.56. The maximum absolute atomic E-state index is 12.1. The van der Waals surface area contributed by atoms with Crippen LogP contribution in [0.5, 0.6) is 0 Å². The normalized spacial score (nSPS) is 12.8. The Morgan fingerprint density at radius 2 is 1.79 bits per heavy atom. The van der Waals surface area contributed by atoms with Crippen molar-refractivity contribution >= 4 is 23.5 Å². The van der Waals surface area contributed by atoms with Gasteiger partial charge in [-0.25, -0.2) is 0 Å². The van der Waals surface area contributed by atoms with E-state index in [1.54, 1.807) is 0 Å². The molecular formula is C15H20O3S. The third-order valence-electron chi connectivity index (χ3n) is 2.69. The molecule has 4 heteroatoms. The quantitative estimate of drug-likeness (QED) is 0.613. The number of esters is 1. The molecule has 0 saturated heterocycles. The first-order valence-corrected chi connectivity index (χ1v) is 7.05. The van der Waals surface area contributed by atoms with Crippen LogP contribution in [0.2, 0.25) is 0 Å². The summed E-state index contributed by atoms with van der Waals surface area (Å²) in [5.41, 5.74) is -0.441. The van der Waals surface area contributed by atoms with E-state index in [9.17, 15) is 9.59 Å². The van der Waals surface area contributed by atoms with Gasteiger partial charge in [-0.2, -0.15) is 0 Å². The van der Waals surface area contributed by atoms with Gasteiger partial charge in [-0.3, -0.25) is 9.59 Å². The maximum Gasteiger partial charge on any atom is 0.319 e. The molecule has 0 heterocycles. The van der Waals surface area contributed by atoms with Crippen molar-refractivity contribution in [3.8, 4) is 0 Å². The van der Waals surface area contributed by atoms with Gasteiger partial charge in [0.2, 0.25) is 0 Å². The standard InChI is InChI=1S/C15H20O3S/c1-15(2,3)13(16)10-12(14(17)18-4)19-11-8-6-5-7-9-11/h5-9,12H,10H2,1-4H3. The fourth-order valence-electron chi connectivity index (χ4n) is 1.44. The molecule has 104 valence electrons. The topological polar surface area (TPSA) is 43.4 Å². The number of ketones is 1. The van der Waals surface area contributed by atoms with Gasteiger partial charge in [0.25, 0.3) is 0 Å². The van der Waals surface area contributed by atoms with E-state index in [0.717, 1.165) is 4.90 Å². The van der Waals surface area contributed by atoms with Crippen LogP contribution in [0.3, 0.4) is 0 Å². The van der Waals surface area contributed by atoms with Crippen molar-refractivity contribution in [2.75, 3.05) is 7.11 Å². The summed E-state index contributed by atoms with van der Waals surface area (Å²) in [5.74, 6) is -0.294. The molecule has 0 fully saturated rings. The van der Waals surface area contributed by atoms with Crippen molar-refractivity contribution in [3.05, 3.63) is 30.3 Å². The minimum absolute atomic E-state index is 0.0614. The third-order valence-corrected chi connectivity index (χ3v) is 3.88. The molecule has 0 N–H and O–H groups in total. The molecule has 1 rings (SSSR count). The van der Waals surface area contributed by atoms with E-state index in [-0.39, 0.29) is 18.2 Å². The molecular weight excluding hydrogens is 260 g/mol. The molecule has 0 amide bonds. The molecule has 1 aromatic carbocycles. The van der Waals surface area contributed by atoms with Crippen molar-refractivity contribution in [2.45, 2.75) is 37.3 Å². The number of benzene rings is 1. The Balaban J connectivity index is 2.79. The highest BCUT2D eigenvalue weighted by Gasteiger charge is 2.29. The van der Waals surface area contributed by atoms with Crippen molar-refractivity contribution in [3.63, 3.8) is 0 Å². The summed E-state index contributed by atoms with van der Waals surface area (Å²) in [6.07, 6.45) is 0.190. The summed E-state index contributed by atoms with van der Waals surface area (Å²) >= 11 is 1.37. The van der Waals surface area contributed by atoms with Gasteiger partial charge in [-0.05, 0) is 12.1 Å². The largest absolute Gasteiger partial charge is 0.468 e. The molecule has 0 bridgehead atoms. The van der Waals surface area contributed by atoms with Crippen molar-refractivity contribution < 1.29 is 14.3 Å². The molecule has 0 aromatic heterocycles. The Morgan fingerprint density at radius 1 is 1.21 bits per heavy atom. The van der Waals surface area contributed by atoms with E-state index in [2.05, 4.69) is 0 Å². The second-order valence-corrected chi connectivity index (χ2v) is 6.60. The lowest BCUT2D eigenvalue weighted by Crippen LogP contribution is -2.28. The number of Topliss-reactive ketones (excluding diaryl/α,β-unsaturated/α-hetero) is 1. The molecule has 0 spiro atoms. The Morgan fingerprint density at radius 3 is 2.26 bits per heavy atom. The Labute approximate surface area is 118 Å². The van der Waals surface area contributed by atoms with Gasteiger partial charge in [0.15, 0.2) is 0 Å². The van der Waals surface area contributed by atoms with Gasteiger partial charge in [0.1, 0.15) is 11.0 Å². The number of carbonyl (C=O) groups excluding carboxylic acids is 2. The lowest BCUT2D eigenvalue weighted by atomic mass is 9.88. The molecule has 1 unspecified atom stereocenters. The third kappa shape index (κ3) is 5.07. The van der Waals surface area contributed by atoms with Crippen LogP contribution >= 0.6 is 11.8 Å². The van der Waals surface area contributed by atoms with Crippen molar-refractivity contribution in [1.29, 1.82) is 0 Å². The number of thioether (sulfide) groups is 1. The molecule has 1 aromatic rings. The van der Waals surface area contributed by atoms with E-state index in [4.69, 9.17) is 4.74 Å². The van der Waals surface area contributed by atoms with Crippen LogP contribution in [-0.2, 0) is 14.3 Å². The minimum Gasteiger partial charge on any atom is -0.468 e. The van der Waals surface area contributed by atoms with E-state index in [1.165, 1.54) is 18.9 Å². The number of hydrogen-bond donors (Lipinski definition) is 0. The Bertz CT molecular complexity index is 434. The molecule has 0 aliphatic rings. The van der Waals surface area contributed by atoms with E-state index in [1.807, 2.05) is 51.1 Å². The van der Waals surface area contributed by atoms with E-state index in [0.29, 0.717) is 0 Å². The first-order valence-electron chi connectivity index (χ1n) is 6.17. The zero-order chi connectivity index (χ0) is 14.5. The molecule has 3 nitrogen and oxygen atoms in total. The monoisotopic (exact) mass is 280 g/mol. The molecule has 19 heavy (non-hydrogen) atoms. The summed E-state index contributed by atoms with van der Waals surface area (Å²) in [6.45, 7) is 5.57. The van der Waals surface area contributed by atoms with Gasteiger partial charge in [-0.15, -0.1) is 11.8 Å². The zero-order valence-corrected chi connectivity index (χ0v) is 12.6. The number of carbonyl (C=O) groups is 2. The van der Waals surface area contributed by atoms with Crippen LogP contribution in [0, 0.1) is 5.41 Å². The average molecular weight is 280 g/mol. The fourth-order valence-corrected chi connectivity index (χ4v) is 2.51. The first-order chi connectivity index (χ1) is 8.84. The van der Waals surface area contributed by atoms with Gasteiger partial charge in [0.05, 0.1) is 7.11 Å². The predicted octanol–water partition coefficient (Wildman–Crippen LogP) is 3.33. The maximum atomic E-state index is 12.1. The van der Waals surface area contributed by atoms with E-state index < -0.39 is 10.7 Å². The fraction of sp³-hybridized carbons (Fsp3) is 0.467. The highest BCUT2D eigenvalue weighted by Crippen LogP contribution is 2.29. The molecule has 0 aliphatic carbocycles. The second kappa shape index (κ2) is 6.75.